The Morgan fingerprint density at radius 1 is 0.923 bits per heavy atom. The molecule has 4 rings (SSSR count). The molecule has 2 aliphatic rings. The molecule has 0 spiro atoms. The van der Waals surface area contributed by atoms with Gasteiger partial charge in [-0.15, -0.1) is 0 Å². The number of morpholine rings is 1. The largest absolute Gasteiger partial charge is 0.379 e. The molecule has 1 unspecified atom stereocenters. The maximum Gasteiger partial charge on any atom is 0.125 e. The van der Waals surface area contributed by atoms with Crippen LogP contribution in [0.1, 0.15) is 31.2 Å². The first-order chi connectivity index (χ1) is 12.8. The normalized spacial score (nSPS) is 21.6. The van der Waals surface area contributed by atoms with Gasteiger partial charge >= 0.3 is 0 Å². The van der Waals surface area contributed by atoms with E-state index in [1.807, 2.05) is 0 Å². The average Bonchev–Trinajstić information content (AvgIpc) is 3.25. The Morgan fingerprint density at radius 2 is 1.58 bits per heavy atom. The Morgan fingerprint density at radius 3 is 2.31 bits per heavy atom. The smallest absolute Gasteiger partial charge is 0.125 e. The molecule has 138 valence electrons. The Hall–Kier alpha value is -1.68. The van der Waals surface area contributed by atoms with Gasteiger partial charge in [0, 0.05) is 25.4 Å². The maximum atomic E-state index is 11.9. The fraction of sp³-hybridized carbons (Fsp3) is 0.478. The second-order valence-corrected chi connectivity index (χ2v) is 7.66. The summed E-state index contributed by atoms with van der Waals surface area (Å²) in [4.78, 5) is 2.29. The van der Waals surface area contributed by atoms with Gasteiger partial charge in [-0.25, -0.2) is 0 Å². The van der Waals surface area contributed by atoms with Crippen LogP contribution in [0.2, 0.25) is 0 Å². The molecule has 2 aromatic carbocycles. The highest BCUT2D eigenvalue weighted by Crippen LogP contribution is 2.40. The van der Waals surface area contributed by atoms with E-state index in [0.29, 0.717) is 12.3 Å². The summed E-state index contributed by atoms with van der Waals surface area (Å²) in [6, 6.07) is 19.1. The molecule has 3 nitrogen and oxygen atoms in total. The summed E-state index contributed by atoms with van der Waals surface area (Å²) in [6.45, 7) is 3.08. The van der Waals surface area contributed by atoms with Crippen LogP contribution in [0, 0.1) is 5.92 Å². The van der Waals surface area contributed by atoms with Crippen molar-refractivity contribution in [2.75, 3.05) is 26.3 Å². The molecule has 1 aliphatic carbocycles. The molecule has 0 amide bonds. The highest BCUT2D eigenvalue weighted by molar-refractivity contribution is 5.67. The van der Waals surface area contributed by atoms with Crippen LogP contribution in [-0.2, 0) is 11.2 Å². The van der Waals surface area contributed by atoms with E-state index >= 15 is 0 Å². The van der Waals surface area contributed by atoms with Crippen LogP contribution in [0.15, 0.2) is 54.6 Å². The number of ether oxygens (including phenoxy) is 1. The Kier molecular flexibility index (Phi) is 5.39. The fourth-order valence-electron chi connectivity index (χ4n) is 4.71. The van der Waals surface area contributed by atoms with Gasteiger partial charge in [0.2, 0.25) is 0 Å². The summed E-state index contributed by atoms with van der Waals surface area (Å²) < 4.78 is 5.55. The Balaban J connectivity index is 1.68. The summed E-state index contributed by atoms with van der Waals surface area (Å²) in [6.07, 6.45) is 5.40. The number of hydrogen-bond acceptors (Lipinski definition) is 3. The highest BCUT2D eigenvalue weighted by Gasteiger charge is 2.44. The molecule has 1 saturated heterocycles. The molecule has 3 heteroatoms. The van der Waals surface area contributed by atoms with Gasteiger partial charge in [-0.2, -0.15) is 0 Å². The number of benzene rings is 2. The van der Waals surface area contributed by atoms with E-state index in [2.05, 4.69) is 59.5 Å². The van der Waals surface area contributed by atoms with E-state index in [-0.39, 0.29) is 0 Å². The van der Waals surface area contributed by atoms with Gasteiger partial charge in [-0.1, -0.05) is 67.4 Å². The van der Waals surface area contributed by atoms with Gasteiger partial charge in [0.1, 0.15) is 5.72 Å². The fourth-order valence-corrected chi connectivity index (χ4v) is 4.71. The zero-order chi connectivity index (χ0) is 17.8. The molecule has 0 radical (unpaired) electrons. The molecule has 2 fully saturated rings. The van der Waals surface area contributed by atoms with Gasteiger partial charge in [0.25, 0.3) is 0 Å². The van der Waals surface area contributed by atoms with Crippen molar-refractivity contribution in [2.24, 2.45) is 5.92 Å². The summed E-state index contributed by atoms with van der Waals surface area (Å²) >= 11 is 0. The first kappa shape index (κ1) is 17.7. The number of nitrogens with zero attached hydrogens (tertiary/aromatic N) is 1. The van der Waals surface area contributed by atoms with Crippen molar-refractivity contribution in [3.63, 3.8) is 0 Å². The lowest BCUT2D eigenvalue weighted by Gasteiger charge is -2.46. The first-order valence-electron chi connectivity index (χ1n) is 9.96. The average molecular weight is 351 g/mol. The van der Waals surface area contributed by atoms with Crippen molar-refractivity contribution in [2.45, 2.75) is 37.8 Å². The second-order valence-electron chi connectivity index (χ2n) is 7.66. The summed E-state index contributed by atoms with van der Waals surface area (Å²) in [5, 5.41) is 11.9. The van der Waals surface area contributed by atoms with Crippen molar-refractivity contribution in [3.8, 4) is 11.1 Å². The number of rotatable bonds is 5. The van der Waals surface area contributed by atoms with E-state index in [1.165, 1.54) is 29.5 Å². The molecule has 26 heavy (non-hydrogen) atoms. The van der Waals surface area contributed by atoms with Crippen molar-refractivity contribution in [1.82, 2.24) is 4.90 Å². The van der Waals surface area contributed by atoms with Crippen LogP contribution in [0.3, 0.4) is 0 Å². The van der Waals surface area contributed by atoms with E-state index in [1.54, 1.807) is 0 Å². The number of aliphatic hydroxyl groups is 1. The predicted molar refractivity (Wildman–Crippen MR) is 105 cm³/mol. The molecule has 0 bridgehead atoms. The third-order valence-electron chi connectivity index (χ3n) is 6.12. The van der Waals surface area contributed by atoms with Crippen LogP contribution in [0.4, 0.5) is 0 Å². The molecule has 0 aromatic heterocycles. The van der Waals surface area contributed by atoms with Crippen molar-refractivity contribution >= 4 is 0 Å². The van der Waals surface area contributed by atoms with Crippen LogP contribution in [-0.4, -0.2) is 42.0 Å². The molecule has 1 saturated carbocycles. The van der Waals surface area contributed by atoms with Crippen molar-refractivity contribution in [3.05, 3.63) is 60.2 Å². The maximum absolute atomic E-state index is 11.9. The number of hydrogen-bond donors (Lipinski definition) is 1. The minimum atomic E-state index is -0.773. The first-order valence-corrected chi connectivity index (χ1v) is 9.96. The molecular weight excluding hydrogens is 322 g/mol. The molecule has 1 atom stereocenters. The minimum Gasteiger partial charge on any atom is -0.379 e. The lowest BCUT2D eigenvalue weighted by Crippen LogP contribution is -2.58. The van der Waals surface area contributed by atoms with E-state index < -0.39 is 5.72 Å². The van der Waals surface area contributed by atoms with Gasteiger partial charge in [0.15, 0.2) is 0 Å². The van der Waals surface area contributed by atoms with Gasteiger partial charge in [-0.05, 0) is 29.5 Å². The third-order valence-corrected chi connectivity index (χ3v) is 6.12. The van der Waals surface area contributed by atoms with Gasteiger partial charge in [0.05, 0.1) is 13.2 Å². The monoisotopic (exact) mass is 351 g/mol. The lowest BCUT2D eigenvalue weighted by molar-refractivity contribution is -0.172. The van der Waals surface area contributed by atoms with E-state index in [4.69, 9.17) is 4.74 Å². The topological polar surface area (TPSA) is 32.7 Å². The summed E-state index contributed by atoms with van der Waals surface area (Å²) in [5.41, 5.74) is 2.92. The zero-order valence-electron chi connectivity index (χ0n) is 15.4. The predicted octanol–water partition coefficient (Wildman–Crippen LogP) is 4.11. The molecule has 1 heterocycles. The third kappa shape index (κ3) is 3.57. The van der Waals surface area contributed by atoms with Gasteiger partial charge in [-0.3, -0.25) is 4.90 Å². The Labute approximate surface area is 156 Å². The lowest BCUT2D eigenvalue weighted by atomic mass is 9.84. The zero-order valence-corrected chi connectivity index (χ0v) is 15.4. The minimum absolute atomic E-state index is 0.351. The molecule has 1 N–H and O–H groups in total. The molecule has 2 aromatic rings. The van der Waals surface area contributed by atoms with E-state index in [0.717, 1.165) is 39.1 Å². The molecular formula is C23H29NO2. The van der Waals surface area contributed by atoms with Crippen LogP contribution in [0.25, 0.3) is 11.1 Å². The van der Waals surface area contributed by atoms with Gasteiger partial charge < -0.3 is 9.84 Å². The van der Waals surface area contributed by atoms with Crippen molar-refractivity contribution in [1.29, 1.82) is 0 Å². The SMILES string of the molecule is OC(Cc1ccccc1-c1ccccc1)(C1CCCC1)N1CCOCC1. The highest BCUT2D eigenvalue weighted by atomic mass is 16.5. The Bertz CT molecular complexity index is 705. The second kappa shape index (κ2) is 7.91. The summed E-state index contributed by atoms with van der Waals surface area (Å²) in [7, 11) is 0. The van der Waals surface area contributed by atoms with Crippen LogP contribution in [0.5, 0.6) is 0 Å². The van der Waals surface area contributed by atoms with Crippen molar-refractivity contribution < 1.29 is 9.84 Å². The van der Waals surface area contributed by atoms with Crippen LogP contribution < -0.4 is 0 Å². The van der Waals surface area contributed by atoms with E-state index in [9.17, 15) is 5.11 Å². The quantitative estimate of drug-likeness (QED) is 0.880. The standard InChI is InChI=1S/C23H29NO2/c25-23(21-11-5-6-12-21,24-14-16-26-17-15-24)18-20-10-4-7-13-22(20)19-8-2-1-3-9-19/h1-4,7-10,13,21,25H,5-6,11-12,14-18H2. The summed E-state index contributed by atoms with van der Waals surface area (Å²) in [5.74, 6) is 0.351. The van der Waals surface area contributed by atoms with Crippen LogP contribution >= 0.6 is 0 Å². The molecule has 1 aliphatic heterocycles.